The van der Waals surface area contributed by atoms with Crippen LogP contribution in [0.15, 0.2) is 206 Å². The van der Waals surface area contributed by atoms with Crippen molar-refractivity contribution in [3.63, 3.8) is 0 Å². The second-order valence-electron chi connectivity index (χ2n) is 14.1. The normalized spacial score (nSPS) is 11.6. The summed E-state index contributed by atoms with van der Waals surface area (Å²) in [7, 11) is 0. The second kappa shape index (κ2) is 12.9. The molecular formula is C52H34N2S. The Morgan fingerprint density at radius 2 is 1.00 bits per heavy atom. The molecule has 0 fully saturated rings. The monoisotopic (exact) mass is 718 g/mol. The van der Waals surface area contributed by atoms with E-state index in [-0.39, 0.29) is 0 Å². The van der Waals surface area contributed by atoms with Gasteiger partial charge in [-0.1, -0.05) is 146 Å². The van der Waals surface area contributed by atoms with E-state index in [1.807, 2.05) is 11.3 Å². The zero-order valence-corrected chi connectivity index (χ0v) is 30.7. The first kappa shape index (κ1) is 31.6. The fraction of sp³-hybridized carbons (Fsp3) is 0. The fourth-order valence-electron chi connectivity index (χ4n) is 8.49. The number of aromatic nitrogens is 1. The summed E-state index contributed by atoms with van der Waals surface area (Å²) in [5, 5.41) is 7.74. The lowest BCUT2D eigenvalue weighted by Gasteiger charge is -2.28. The van der Waals surface area contributed by atoms with E-state index >= 15 is 0 Å². The van der Waals surface area contributed by atoms with Crippen molar-refractivity contribution in [1.82, 2.24) is 4.57 Å². The van der Waals surface area contributed by atoms with Crippen molar-refractivity contribution < 1.29 is 0 Å². The molecule has 0 N–H and O–H groups in total. The van der Waals surface area contributed by atoms with Gasteiger partial charge in [0.05, 0.1) is 16.7 Å². The van der Waals surface area contributed by atoms with Crippen molar-refractivity contribution in [3.05, 3.63) is 206 Å². The standard InChI is InChI=1S/C52H34N2S/c1-2-13-35(14-3-1)41-16-6-9-22-47(41)53(38-28-25-37(26-29-38)43-20-12-21-45-44-18-8-11-24-50(44)55-52(43)45)39-30-32-40(33-31-39)54-48-23-10-7-19-46(48)51-42-17-5-4-15-36(42)27-34-49(51)54/h1-34H. The maximum absolute atomic E-state index is 2.41. The summed E-state index contributed by atoms with van der Waals surface area (Å²) in [5.41, 5.74) is 11.7. The van der Waals surface area contributed by atoms with Crippen LogP contribution in [0.3, 0.4) is 0 Å². The lowest BCUT2D eigenvalue weighted by molar-refractivity contribution is 1.17. The highest BCUT2D eigenvalue weighted by Crippen LogP contribution is 2.44. The molecule has 0 amide bonds. The predicted molar refractivity (Wildman–Crippen MR) is 237 cm³/mol. The van der Waals surface area contributed by atoms with E-state index in [9.17, 15) is 0 Å². The van der Waals surface area contributed by atoms with Gasteiger partial charge < -0.3 is 9.47 Å². The highest BCUT2D eigenvalue weighted by molar-refractivity contribution is 7.26. The third kappa shape index (κ3) is 5.16. The maximum Gasteiger partial charge on any atom is 0.0547 e. The zero-order chi connectivity index (χ0) is 36.3. The summed E-state index contributed by atoms with van der Waals surface area (Å²) in [6.45, 7) is 0. The number of benzene rings is 9. The van der Waals surface area contributed by atoms with E-state index in [0.29, 0.717) is 0 Å². The van der Waals surface area contributed by atoms with Gasteiger partial charge in [0.15, 0.2) is 0 Å². The molecular weight excluding hydrogens is 685 g/mol. The van der Waals surface area contributed by atoms with Crippen LogP contribution in [0.2, 0.25) is 0 Å². The quantitative estimate of drug-likeness (QED) is 0.166. The Balaban J connectivity index is 1.06. The molecule has 0 atom stereocenters. The average Bonchev–Trinajstić information content (AvgIpc) is 3.81. The molecule has 2 heterocycles. The van der Waals surface area contributed by atoms with Gasteiger partial charge in [-0.25, -0.2) is 0 Å². The highest BCUT2D eigenvalue weighted by Gasteiger charge is 2.19. The SMILES string of the molecule is c1ccc(-c2ccccc2N(c2ccc(-c3cccc4c3sc3ccccc34)cc2)c2ccc(-n3c4ccccc4c4c5ccccc5ccc43)cc2)cc1. The van der Waals surface area contributed by atoms with Gasteiger partial charge in [-0.05, 0) is 88.1 Å². The highest BCUT2D eigenvalue weighted by atomic mass is 32.1. The lowest BCUT2D eigenvalue weighted by atomic mass is 10.0. The van der Waals surface area contributed by atoms with Crippen molar-refractivity contribution in [3.8, 4) is 27.9 Å². The first-order valence-corrected chi connectivity index (χ1v) is 19.6. The molecule has 3 heteroatoms. The molecule has 11 aromatic rings. The molecule has 2 aromatic heterocycles. The molecule has 0 bridgehead atoms. The Morgan fingerprint density at radius 3 is 1.84 bits per heavy atom. The number of anilines is 3. The second-order valence-corrected chi connectivity index (χ2v) is 15.1. The van der Waals surface area contributed by atoms with Crippen molar-refractivity contribution in [2.75, 3.05) is 4.90 Å². The molecule has 0 radical (unpaired) electrons. The molecule has 2 nitrogen and oxygen atoms in total. The molecule has 0 saturated carbocycles. The van der Waals surface area contributed by atoms with E-state index in [1.165, 1.54) is 75.0 Å². The topological polar surface area (TPSA) is 8.17 Å². The Morgan fingerprint density at radius 1 is 0.382 bits per heavy atom. The number of rotatable bonds is 6. The Bertz CT molecular complexity index is 3190. The molecule has 0 spiro atoms. The first-order valence-electron chi connectivity index (χ1n) is 18.8. The van der Waals surface area contributed by atoms with Gasteiger partial charge in [0.2, 0.25) is 0 Å². The van der Waals surface area contributed by atoms with Crippen LogP contribution >= 0.6 is 11.3 Å². The molecule has 258 valence electrons. The minimum Gasteiger partial charge on any atom is -0.310 e. The van der Waals surface area contributed by atoms with Crippen molar-refractivity contribution in [2.45, 2.75) is 0 Å². The predicted octanol–water partition coefficient (Wildman–Crippen LogP) is 15.1. The maximum atomic E-state index is 2.41. The van der Waals surface area contributed by atoms with Crippen LogP contribution in [0.1, 0.15) is 0 Å². The molecule has 11 rings (SSSR count). The Hall–Kier alpha value is -6.94. The molecule has 0 unspecified atom stereocenters. The number of hydrogen-bond acceptors (Lipinski definition) is 2. The summed E-state index contributed by atoms with van der Waals surface area (Å²) in [4.78, 5) is 2.40. The third-order valence-corrected chi connectivity index (χ3v) is 12.2. The Kier molecular flexibility index (Phi) is 7.39. The first-order chi connectivity index (χ1) is 27.3. The molecule has 0 aliphatic carbocycles. The lowest BCUT2D eigenvalue weighted by Crippen LogP contribution is -2.11. The molecule has 0 saturated heterocycles. The minimum atomic E-state index is 1.10. The van der Waals surface area contributed by atoms with E-state index in [2.05, 4.69) is 216 Å². The van der Waals surface area contributed by atoms with Gasteiger partial charge in [0.1, 0.15) is 0 Å². The van der Waals surface area contributed by atoms with Crippen LogP contribution in [0.25, 0.3) is 80.7 Å². The van der Waals surface area contributed by atoms with Gasteiger partial charge in [0, 0.05) is 53.6 Å². The summed E-state index contributed by atoms with van der Waals surface area (Å²) >= 11 is 1.88. The van der Waals surface area contributed by atoms with Crippen LogP contribution in [0.4, 0.5) is 17.1 Å². The van der Waals surface area contributed by atoms with Crippen LogP contribution in [0, 0.1) is 0 Å². The third-order valence-electron chi connectivity index (χ3n) is 11.0. The number of para-hydroxylation sites is 2. The van der Waals surface area contributed by atoms with Gasteiger partial charge in [-0.15, -0.1) is 11.3 Å². The summed E-state index contributed by atoms with van der Waals surface area (Å²) in [6, 6.07) is 75.0. The van der Waals surface area contributed by atoms with E-state index in [1.54, 1.807) is 0 Å². The van der Waals surface area contributed by atoms with Crippen molar-refractivity contribution in [2.24, 2.45) is 0 Å². The minimum absolute atomic E-state index is 1.10. The number of thiophene rings is 1. The smallest absolute Gasteiger partial charge is 0.0547 e. The average molecular weight is 719 g/mol. The van der Waals surface area contributed by atoms with Gasteiger partial charge in [-0.2, -0.15) is 0 Å². The Labute approximate surface area is 323 Å². The molecule has 9 aromatic carbocycles. The van der Waals surface area contributed by atoms with Gasteiger partial charge in [-0.3, -0.25) is 0 Å². The summed E-state index contributed by atoms with van der Waals surface area (Å²) in [6.07, 6.45) is 0. The van der Waals surface area contributed by atoms with Crippen molar-refractivity contribution >= 4 is 81.1 Å². The molecule has 0 aliphatic rings. The van der Waals surface area contributed by atoms with E-state index in [4.69, 9.17) is 0 Å². The zero-order valence-electron chi connectivity index (χ0n) is 29.9. The fourth-order valence-corrected chi connectivity index (χ4v) is 9.73. The van der Waals surface area contributed by atoms with Gasteiger partial charge in [0.25, 0.3) is 0 Å². The van der Waals surface area contributed by atoms with Crippen LogP contribution < -0.4 is 4.90 Å². The van der Waals surface area contributed by atoms with Gasteiger partial charge >= 0.3 is 0 Å². The molecule has 0 aliphatic heterocycles. The van der Waals surface area contributed by atoms with Crippen LogP contribution in [0.5, 0.6) is 0 Å². The van der Waals surface area contributed by atoms with E-state index < -0.39 is 0 Å². The van der Waals surface area contributed by atoms with Crippen LogP contribution in [-0.4, -0.2) is 4.57 Å². The largest absolute Gasteiger partial charge is 0.310 e. The molecule has 55 heavy (non-hydrogen) atoms. The summed E-state index contributed by atoms with van der Waals surface area (Å²) < 4.78 is 5.06. The number of fused-ring (bicyclic) bond motifs is 8. The van der Waals surface area contributed by atoms with Crippen molar-refractivity contribution in [1.29, 1.82) is 0 Å². The van der Waals surface area contributed by atoms with Crippen LogP contribution in [-0.2, 0) is 0 Å². The van der Waals surface area contributed by atoms with E-state index in [0.717, 1.165) is 22.7 Å². The number of hydrogen-bond donors (Lipinski definition) is 0. The summed E-state index contributed by atoms with van der Waals surface area (Å²) in [5.74, 6) is 0. The number of nitrogens with zero attached hydrogens (tertiary/aromatic N) is 2.